The van der Waals surface area contributed by atoms with E-state index in [1.165, 1.54) is 0 Å². The Morgan fingerprint density at radius 1 is 1.60 bits per heavy atom. The number of rotatable bonds is 2. The summed E-state index contributed by atoms with van der Waals surface area (Å²) in [6, 6.07) is 0.330. The minimum absolute atomic E-state index is 0.0279. The van der Waals surface area contributed by atoms with Gasteiger partial charge in [-0.25, -0.2) is 0 Å². The molecule has 1 aliphatic rings. The highest BCUT2D eigenvalue weighted by Gasteiger charge is 2.31. The van der Waals surface area contributed by atoms with Crippen LogP contribution in [0.4, 0.5) is 5.69 Å². The van der Waals surface area contributed by atoms with Crippen LogP contribution >= 0.6 is 15.9 Å². The Morgan fingerprint density at radius 2 is 2.33 bits per heavy atom. The molecule has 2 rings (SSSR count). The molecule has 0 N–H and O–H groups in total. The number of amides is 1. The Morgan fingerprint density at radius 3 is 2.80 bits per heavy atom. The Kier molecular flexibility index (Phi) is 2.82. The number of nitrogens with zero attached hydrogens (tertiary/aromatic N) is 3. The van der Waals surface area contributed by atoms with E-state index in [9.17, 15) is 4.79 Å². The molecule has 0 aliphatic carbocycles. The molecule has 1 aliphatic heterocycles. The molecule has 1 atom stereocenters. The number of hydrogen-bond donors (Lipinski definition) is 0. The quantitative estimate of drug-likeness (QED) is 0.772. The van der Waals surface area contributed by atoms with Crippen LogP contribution in [0.15, 0.2) is 12.4 Å². The molecule has 1 fully saturated rings. The zero-order valence-corrected chi connectivity index (χ0v) is 10.4. The minimum atomic E-state index is -0.0279. The zero-order chi connectivity index (χ0) is 11.0. The first-order chi connectivity index (χ1) is 7.09. The van der Waals surface area contributed by atoms with Crippen molar-refractivity contribution in [1.29, 1.82) is 0 Å². The summed E-state index contributed by atoms with van der Waals surface area (Å²) in [6.07, 6.45) is 4.54. The number of carbonyl (C=O) groups excluding carboxylic acids is 1. The molecule has 82 valence electrons. The second-order valence-electron chi connectivity index (χ2n) is 4.02. The van der Waals surface area contributed by atoms with Gasteiger partial charge in [0.1, 0.15) is 0 Å². The molecule has 0 bridgehead atoms. The van der Waals surface area contributed by atoms with E-state index in [-0.39, 0.29) is 10.7 Å². The van der Waals surface area contributed by atoms with Gasteiger partial charge >= 0.3 is 0 Å². The van der Waals surface area contributed by atoms with Crippen LogP contribution < -0.4 is 4.90 Å². The number of carbonyl (C=O) groups is 1. The first-order valence-corrected chi connectivity index (χ1v) is 6.01. The van der Waals surface area contributed by atoms with Crippen molar-refractivity contribution in [1.82, 2.24) is 9.78 Å². The summed E-state index contributed by atoms with van der Waals surface area (Å²) >= 11 is 3.36. The zero-order valence-electron chi connectivity index (χ0n) is 8.85. The molecule has 0 radical (unpaired) electrons. The van der Waals surface area contributed by atoms with Crippen LogP contribution in [0.1, 0.15) is 26.3 Å². The highest BCUT2D eigenvalue weighted by molar-refractivity contribution is 9.10. The maximum Gasteiger partial charge on any atom is 0.240 e. The first kappa shape index (κ1) is 10.7. The molecule has 0 aromatic carbocycles. The molecule has 15 heavy (non-hydrogen) atoms. The van der Waals surface area contributed by atoms with E-state index < -0.39 is 0 Å². The smallest absolute Gasteiger partial charge is 0.240 e. The molecule has 1 aromatic rings. The fraction of sp³-hybridized carbons (Fsp3) is 0.600. The van der Waals surface area contributed by atoms with Gasteiger partial charge in [0.05, 0.1) is 16.7 Å². The Labute approximate surface area is 97.4 Å². The summed E-state index contributed by atoms with van der Waals surface area (Å²) in [4.78, 5) is 13.5. The lowest BCUT2D eigenvalue weighted by Crippen LogP contribution is -2.26. The van der Waals surface area contributed by atoms with Gasteiger partial charge in [0, 0.05) is 18.8 Å². The van der Waals surface area contributed by atoms with Gasteiger partial charge in [-0.3, -0.25) is 9.48 Å². The van der Waals surface area contributed by atoms with E-state index in [2.05, 4.69) is 34.9 Å². The van der Waals surface area contributed by atoms with Gasteiger partial charge < -0.3 is 4.90 Å². The van der Waals surface area contributed by atoms with E-state index in [4.69, 9.17) is 0 Å². The summed E-state index contributed by atoms with van der Waals surface area (Å²) in [6.45, 7) is 4.91. The molecule has 1 aromatic heterocycles. The topological polar surface area (TPSA) is 38.1 Å². The number of anilines is 1. The Balaban J connectivity index is 2.20. The highest BCUT2D eigenvalue weighted by atomic mass is 79.9. The van der Waals surface area contributed by atoms with E-state index in [0.717, 1.165) is 18.7 Å². The van der Waals surface area contributed by atoms with Crippen molar-refractivity contribution in [3.05, 3.63) is 12.4 Å². The molecular weight excluding hydrogens is 258 g/mol. The van der Waals surface area contributed by atoms with Crippen LogP contribution in [0, 0.1) is 0 Å². The third-order valence-corrected chi connectivity index (χ3v) is 3.42. The maximum atomic E-state index is 11.7. The van der Waals surface area contributed by atoms with E-state index in [1.807, 2.05) is 10.9 Å². The highest BCUT2D eigenvalue weighted by Crippen LogP contribution is 2.25. The average molecular weight is 272 g/mol. The minimum Gasteiger partial charge on any atom is -0.308 e. The first-order valence-electron chi connectivity index (χ1n) is 5.09. The van der Waals surface area contributed by atoms with Crippen molar-refractivity contribution < 1.29 is 4.79 Å². The molecule has 0 spiro atoms. The Bertz CT molecular complexity index is 374. The van der Waals surface area contributed by atoms with Crippen molar-refractivity contribution in [3.63, 3.8) is 0 Å². The maximum absolute atomic E-state index is 11.7. The number of alkyl halides is 1. The van der Waals surface area contributed by atoms with E-state index in [1.54, 1.807) is 11.1 Å². The van der Waals surface area contributed by atoms with E-state index >= 15 is 0 Å². The lowest BCUT2D eigenvalue weighted by molar-refractivity contribution is -0.116. The molecule has 2 heterocycles. The second kappa shape index (κ2) is 3.96. The lowest BCUT2D eigenvalue weighted by atomic mass is 10.4. The third-order valence-electron chi connectivity index (χ3n) is 2.57. The van der Waals surface area contributed by atoms with Crippen molar-refractivity contribution in [2.75, 3.05) is 11.4 Å². The molecule has 1 amide bonds. The summed E-state index contributed by atoms with van der Waals surface area (Å²) in [5.41, 5.74) is 0.899. The van der Waals surface area contributed by atoms with Crippen LogP contribution in [-0.2, 0) is 4.79 Å². The largest absolute Gasteiger partial charge is 0.308 e. The van der Waals surface area contributed by atoms with Gasteiger partial charge in [-0.15, -0.1) is 0 Å². The Hall–Kier alpha value is -0.840. The number of halogens is 1. The monoisotopic (exact) mass is 271 g/mol. The fourth-order valence-electron chi connectivity index (χ4n) is 1.65. The van der Waals surface area contributed by atoms with Crippen molar-refractivity contribution in [3.8, 4) is 0 Å². The summed E-state index contributed by atoms with van der Waals surface area (Å²) < 4.78 is 1.87. The SMILES string of the molecule is CC(C)n1cc(N2CCC(Br)C2=O)cn1. The summed E-state index contributed by atoms with van der Waals surface area (Å²) in [5.74, 6) is 0.137. The molecule has 4 nitrogen and oxygen atoms in total. The van der Waals surface area contributed by atoms with Gasteiger partial charge in [0.15, 0.2) is 0 Å². The molecular formula is C10H14BrN3O. The normalized spacial score (nSPS) is 21.7. The van der Waals surface area contributed by atoms with Gasteiger partial charge in [-0.05, 0) is 20.3 Å². The van der Waals surface area contributed by atoms with Crippen LogP contribution in [0.25, 0.3) is 0 Å². The van der Waals surface area contributed by atoms with Crippen LogP contribution in [0.5, 0.6) is 0 Å². The predicted octanol–water partition coefficient (Wildman–Crippen LogP) is 1.96. The fourth-order valence-corrected chi connectivity index (χ4v) is 2.10. The lowest BCUT2D eigenvalue weighted by Gasteiger charge is -2.12. The molecule has 1 unspecified atom stereocenters. The number of aromatic nitrogens is 2. The molecule has 0 saturated carbocycles. The van der Waals surface area contributed by atoms with E-state index in [0.29, 0.717) is 6.04 Å². The predicted molar refractivity (Wildman–Crippen MR) is 62.3 cm³/mol. The van der Waals surface area contributed by atoms with Gasteiger partial charge in [-0.2, -0.15) is 5.10 Å². The van der Waals surface area contributed by atoms with Gasteiger partial charge in [-0.1, -0.05) is 15.9 Å². The van der Waals surface area contributed by atoms with Crippen LogP contribution in [-0.4, -0.2) is 27.1 Å². The summed E-state index contributed by atoms with van der Waals surface area (Å²) in [5, 5.41) is 4.23. The van der Waals surface area contributed by atoms with Crippen LogP contribution in [0.3, 0.4) is 0 Å². The van der Waals surface area contributed by atoms with Crippen LogP contribution in [0.2, 0.25) is 0 Å². The molecule has 1 saturated heterocycles. The van der Waals surface area contributed by atoms with Gasteiger partial charge in [0.25, 0.3) is 0 Å². The second-order valence-corrected chi connectivity index (χ2v) is 5.12. The van der Waals surface area contributed by atoms with Crippen molar-refractivity contribution in [2.24, 2.45) is 0 Å². The van der Waals surface area contributed by atoms with Gasteiger partial charge in [0.2, 0.25) is 5.91 Å². The molecule has 5 heteroatoms. The average Bonchev–Trinajstić information content (AvgIpc) is 2.76. The summed E-state index contributed by atoms with van der Waals surface area (Å²) in [7, 11) is 0. The number of hydrogen-bond acceptors (Lipinski definition) is 2. The standard InChI is InChI=1S/C10H14BrN3O/c1-7(2)14-6-8(5-12-14)13-4-3-9(11)10(13)15/h5-7,9H,3-4H2,1-2H3. The van der Waals surface area contributed by atoms with Crippen molar-refractivity contribution >= 4 is 27.5 Å². The third kappa shape index (κ3) is 1.93. The van der Waals surface area contributed by atoms with Crippen molar-refractivity contribution in [2.45, 2.75) is 31.1 Å².